The van der Waals surface area contributed by atoms with E-state index in [-0.39, 0.29) is 11.6 Å². The van der Waals surface area contributed by atoms with Crippen LogP contribution in [0.25, 0.3) is 0 Å². The number of anilines is 1. The first-order valence-electron chi connectivity index (χ1n) is 9.61. The second kappa shape index (κ2) is 11.0. The van der Waals surface area contributed by atoms with Gasteiger partial charge in [-0.05, 0) is 55.5 Å². The molecule has 0 radical (unpaired) electrons. The summed E-state index contributed by atoms with van der Waals surface area (Å²) in [5.74, 6) is 3.74. The highest BCUT2D eigenvalue weighted by Crippen LogP contribution is 2.18. The summed E-state index contributed by atoms with van der Waals surface area (Å²) in [5, 5.41) is 16.0. The highest BCUT2D eigenvalue weighted by atomic mass is 19.3. The predicted octanol–water partition coefficient (Wildman–Crippen LogP) is 1.42. The number of urea groups is 1. The Morgan fingerprint density at radius 1 is 1.00 bits per heavy atom. The number of amides is 4. The zero-order valence-electron chi connectivity index (χ0n) is 17.8. The minimum Gasteiger partial charge on any atom is -0.341 e. The van der Waals surface area contributed by atoms with E-state index in [4.69, 9.17) is 10.9 Å². The Bertz CT molecular complexity index is 1060. The third-order valence-electron chi connectivity index (χ3n) is 4.61. The molecule has 0 fully saturated rings. The summed E-state index contributed by atoms with van der Waals surface area (Å²) in [6, 6.07) is 10.5. The van der Waals surface area contributed by atoms with Crippen LogP contribution in [0, 0.1) is 11.8 Å². The molecular formula is C22H23F2N5O4. The maximum Gasteiger partial charge on any atom is 0.318 e. The Balaban J connectivity index is 2.10. The molecule has 0 aliphatic carbocycles. The van der Waals surface area contributed by atoms with E-state index >= 15 is 0 Å². The van der Waals surface area contributed by atoms with Crippen LogP contribution in [0.1, 0.15) is 28.4 Å². The van der Waals surface area contributed by atoms with Crippen LogP contribution >= 0.6 is 0 Å². The highest BCUT2D eigenvalue weighted by molar-refractivity contribution is 5.98. The van der Waals surface area contributed by atoms with Crippen molar-refractivity contribution in [1.29, 1.82) is 0 Å². The van der Waals surface area contributed by atoms with Crippen LogP contribution in [-0.2, 0) is 4.79 Å². The largest absolute Gasteiger partial charge is 0.341 e. The summed E-state index contributed by atoms with van der Waals surface area (Å²) in [7, 11) is 1.51. The zero-order chi connectivity index (χ0) is 24.6. The standard InChI is InChI=1S/C22H23F2N5O4/c1-22(25,20(23)24)17(19(31)29-33)28-18(30)15-9-5-13(6-10-15)3-4-14-7-11-16(12-8-14)27-21(32)26-2/h5-12,17,20,33H,25H2,1-2H3,(H,28,30)(H,29,31)(H2,26,27,32)/t17-,22?/m1/s1. The number of nitrogens with two attached hydrogens (primary N) is 1. The van der Waals surface area contributed by atoms with Gasteiger partial charge < -0.3 is 21.7 Å². The summed E-state index contributed by atoms with van der Waals surface area (Å²) in [6.45, 7) is 0.887. The summed E-state index contributed by atoms with van der Waals surface area (Å²) in [4.78, 5) is 35.5. The van der Waals surface area contributed by atoms with Gasteiger partial charge in [0.15, 0.2) is 0 Å². The van der Waals surface area contributed by atoms with Crippen LogP contribution in [0.4, 0.5) is 19.3 Å². The molecule has 2 aromatic carbocycles. The number of hydrogen-bond acceptors (Lipinski definition) is 5. The number of nitrogens with one attached hydrogen (secondary N) is 4. The molecule has 0 aliphatic rings. The number of benzene rings is 2. The van der Waals surface area contributed by atoms with Gasteiger partial charge >= 0.3 is 6.03 Å². The minimum atomic E-state index is -3.15. The fourth-order valence-corrected chi connectivity index (χ4v) is 2.59. The van der Waals surface area contributed by atoms with Gasteiger partial charge in [-0.25, -0.2) is 19.1 Å². The molecule has 0 bridgehead atoms. The molecule has 0 aromatic heterocycles. The summed E-state index contributed by atoms with van der Waals surface area (Å²) >= 11 is 0. The molecule has 0 saturated carbocycles. The molecule has 0 spiro atoms. The van der Waals surface area contributed by atoms with Crippen molar-refractivity contribution in [2.75, 3.05) is 12.4 Å². The van der Waals surface area contributed by atoms with Crippen molar-refractivity contribution >= 4 is 23.5 Å². The monoisotopic (exact) mass is 459 g/mol. The van der Waals surface area contributed by atoms with E-state index in [0.29, 0.717) is 16.8 Å². The lowest BCUT2D eigenvalue weighted by Gasteiger charge is -2.32. The van der Waals surface area contributed by atoms with Gasteiger partial charge in [0, 0.05) is 29.4 Å². The SMILES string of the molecule is CNC(=O)Nc1ccc(C#Cc2ccc(C(=O)N[C@H](C(=O)NO)C(C)(N)C(F)F)cc2)cc1. The van der Waals surface area contributed by atoms with E-state index in [9.17, 15) is 23.2 Å². The van der Waals surface area contributed by atoms with E-state index in [1.165, 1.54) is 24.7 Å². The van der Waals surface area contributed by atoms with Gasteiger partial charge in [0.25, 0.3) is 18.2 Å². The average molecular weight is 459 g/mol. The number of carbonyl (C=O) groups is 3. The van der Waals surface area contributed by atoms with Gasteiger partial charge in [0.05, 0.1) is 0 Å². The molecule has 4 amide bonds. The van der Waals surface area contributed by atoms with E-state index in [1.807, 2.05) is 0 Å². The van der Waals surface area contributed by atoms with Crippen molar-refractivity contribution in [3.05, 3.63) is 65.2 Å². The number of halogens is 2. The number of rotatable bonds is 6. The van der Waals surface area contributed by atoms with Crippen molar-refractivity contribution in [3.63, 3.8) is 0 Å². The van der Waals surface area contributed by atoms with E-state index in [1.54, 1.807) is 36.4 Å². The molecule has 2 aromatic rings. The Labute approximate surface area is 188 Å². The van der Waals surface area contributed by atoms with Crippen LogP contribution in [-0.4, -0.2) is 48.1 Å². The average Bonchev–Trinajstić information content (AvgIpc) is 2.81. The third kappa shape index (κ3) is 6.73. The lowest BCUT2D eigenvalue weighted by atomic mass is 9.92. The maximum absolute atomic E-state index is 13.2. The first-order chi connectivity index (χ1) is 15.6. The number of carbonyl (C=O) groups excluding carboxylic acids is 3. The van der Waals surface area contributed by atoms with Crippen LogP contribution in [0.3, 0.4) is 0 Å². The van der Waals surface area contributed by atoms with Gasteiger partial charge in [0.2, 0.25) is 0 Å². The van der Waals surface area contributed by atoms with Gasteiger partial charge in [-0.1, -0.05) is 11.8 Å². The molecule has 33 heavy (non-hydrogen) atoms. The number of hydroxylamine groups is 1. The fourth-order valence-electron chi connectivity index (χ4n) is 2.59. The molecule has 2 rings (SSSR count). The normalized spacial score (nSPS) is 13.1. The molecule has 9 nitrogen and oxygen atoms in total. The van der Waals surface area contributed by atoms with Gasteiger partial charge in [0.1, 0.15) is 11.6 Å². The quantitative estimate of drug-likeness (QED) is 0.220. The van der Waals surface area contributed by atoms with Crippen LogP contribution < -0.4 is 27.2 Å². The van der Waals surface area contributed by atoms with Crippen molar-refractivity contribution in [3.8, 4) is 11.8 Å². The van der Waals surface area contributed by atoms with Crippen molar-refractivity contribution in [1.82, 2.24) is 16.1 Å². The molecule has 7 N–H and O–H groups in total. The van der Waals surface area contributed by atoms with Gasteiger partial charge in [-0.15, -0.1) is 0 Å². The van der Waals surface area contributed by atoms with E-state index in [2.05, 4.69) is 27.8 Å². The number of hydrogen-bond donors (Lipinski definition) is 6. The van der Waals surface area contributed by atoms with E-state index < -0.39 is 29.8 Å². The molecule has 0 saturated heterocycles. The Kier molecular flexibility index (Phi) is 8.44. The number of alkyl halides is 2. The van der Waals surface area contributed by atoms with Crippen molar-refractivity contribution in [2.24, 2.45) is 5.73 Å². The summed E-state index contributed by atoms with van der Waals surface area (Å²) in [6.07, 6.45) is -3.15. The van der Waals surface area contributed by atoms with E-state index in [0.717, 1.165) is 6.92 Å². The molecule has 11 heteroatoms. The summed E-state index contributed by atoms with van der Waals surface area (Å²) < 4.78 is 26.4. The molecule has 0 heterocycles. The third-order valence-corrected chi connectivity index (χ3v) is 4.61. The fraction of sp³-hybridized carbons (Fsp3) is 0.227. The van der Waals surface area contributed by atoms with Crippen LogP contribution in [0.15, 0.2) is 48.5 Å². The second-order valence-electron chi connectivity index (χ2n) is 7.16. The predicted molar refractivity (Wildman–Crippen MR) is 117 cm³/mol. The first-order valence-corrected chi connectivity index (χ1v) is 9.61. The zero-order valence-corrected chi connectivity index (χ0v) is 17.8. The van der Waals surface area contributed by atoms with Crippen LogP contribution in [0.2, 0.25) is 0 Å². The smallest absolute Gasteiger partial charge is 0.318 e. The maximum atomic E-state index is 13.2. The molecular weight excluding hydrogens is 436 g/mol. The topological polar surface area (TPSA) is 146 Å². The lowest BCUT2D eigenvalue weighted by Crippen LogP contribution is -2.66. The Hall–Kier alpha value is -4.01. The van der Waals surface area contributed by atoms with Crippen LogP contribution in [0.5, 0.6) is 0 Å². The lowest BCUT2D eigenvalue weighted by molar-refractivity contribution is -0.134. The Morgan fingerprint density at radius 3 is 1.97 bits per heavy atom. The Morgan fingerprint density at radius 2 is 1.52 bits per heavy atom. The van der Waals surface area contributed by atoms with Crippen molar-refractivity contribution < 1.29 is 28.4 Å². The molecule has 0 aliphatic heterocycles. The summed E-state index contributed by atoms with van der Waals surface area (Å²) in [5.41, 5.74) is 6.23. The molecule has 174 valence electrons. The van der Waals surface area contributed by atoms with Crippen molar-refractivity contribution in [2.45, 2.75) is 24.9 Å². The first kappa shape index (κ1) is 25.3. The van der Waals surface area contributed by atoms with Gasteiger partial charge in [-0.2, -0.15) is 0 Å². The minimum absolute atomic E-state index is 0.0750. The second-order valence-corrected chi connectivity index (χ2v) is 7.16. The molecule has 2 atom stereocenters. The highest BCUT2D eigenvalue weighted by Gasteiger charge is 2.44. The molecule has 1 unspecified atom stereocenters. The van der Waals surface area contributed by atoms with Gasteiger partial charge in [-0.3, -0.25) is 14.8 Å².